The first-order valence-corrected chi connectivity index (χ1v) is 5.91. The van der Waals surface area contributed by atoms with Crippen LogP contribution < -0.4 is 0 Å². The molecule has 6 atom stereocenters. The van der Waals surface area contributed by atoms with Gasteiger partial charge in [-0.25, -0.2) is 0 Å². The summed E-state index contributed by atoms with van der Waals surface area (Å²) in [4.78, 5) is 11.6. The van der Waals surface area contributed by atoms with Gasteiger partial charge in [0.1, 0.15) is 24.4 Å². The van der Waals surface area contributed by atoms with E-state index in [2.05, 4.69) is 0 Å². The van der Waals surface area contributed by atoms with E-state index in [1.165, 1.54) is 6.92 Å². The molecule has 0 amide bonds. The summed E-state index contributed by atoms with van der Waals surface area (Å²) in [7, 11) is 0. The monoisotopic (exact) mass is 264 g/mol. The zero-order chi connectivity index (χ0) is 13.9. The van der Waals surface area contributed by atoms with Gasteiger partial charge in [-0.15, -0.1) is 0 Å². The molecule has 7 heteroatoms. The summed E-state index contributed by atoms with van der Waals surface area (Å²) in [5.74, 6) is -1.38. The summed E-state index contributed by atoms with van der Waals surface area (Å²) in [5, 5.41) is 38.0. The molecule has 1 aliphatic heterocycles. The molecule has 0 aliphatic carbocycles. The minimum absolute atomic E-state index is 0.195. The SMILES string of the molecule is CCOC(=O)C(C)C1O[C@H](CO)[C@@H](O)[C@H](O)[C@@H]1O. The Bertz CT molecular complexity index is 281. The van der Waals surface area contributed by atoms with Crippen molar-refractivity contribution in [1.82, 2.24) is 0 Å². The van der Waals surface area contributed by atoms with Gasteiger partial charge in [-0.05, 0) is 13.8 Å². The molecule has 0 radical (unpaired) electrons. The summed E-state index contributed by atoms with van der Waals surface area (Å²) < 4.78 is 10.0. The molecular weight excluding hydrogens is 244 g/mol. The first-order chi connectivity index (χ1) is 8.43. The van der Waals surface area contributed by atoms with Crippen molar-refractivity contribution in [3.05, 3.63) is 0 Å². The fourth-order valence-electron chi connectivity index (χ4n) is 1.95. The van der Waals surface area contributed by atoms with E-state index in [9.17, 15) is 20.1 Å². The number of carbonyl (C=O) groups is 1. The Morgan fingerprint density at radius 2 is 1.89 bits per heavy atom. The highest BCUT2D eigenvalue weighted by Gasteiger charge is 2.47. The highest BCUT2D eigenvalue weighted by atomic mass is 16.6. The van der Waals surface area contributed by atoms with Gasteiger partial charge >= 0.3 is 5.97 Å². The summed E-state index contributed by atoms with van der Waals surface area (Å²) in [6.07, 6.45) is -6.35. The molecule has 0 aromatic carbocycles. The number of carbonyl (C=O) groups excluding carboxylic acids is 1. The zero-order valence-electron chi connectivity index (χ0n) is 10.4. The molecule has 1 saturated heterocycles. The van der Waals surface area contributed by atoms with Crippen molar-refractivity contribution >= 4 is 5.97 Å². The lowest BCUT2D eigenvalue weighted by molar-refractivity contribution is -0.241. The molecule has 0 aromatic heterocycles. The molecule has 1 aliphatic rings. The molecule has 0 aromatic rings. The molecule has 0 bridgehead atoms. The van der Waals surface area contributed by atoms with Crippen LogP contribution in [0.3, 0.4) is 0 Å². The third kappa shape index (κ3) is 2.99. The van der Waals surface area contributed by atoms with Crippen LogP contribution in [0.5, 0.6) is 0 Å². The lowest BCUT2D eigenvalue weighted by atomic mass is 9.89. The lowest BCUT2D eigenvalue weighted by Crippen LogP contribution is -2.60. The molecule has 0 saturated carbocycles. The lowest BCUT2D eigenvalue weighted by Gasteiger charge is -2.41. The average Bonchev–Trinajstić information content (AvgIpc) is 2.36. The van der Waals surface area contributed by atoms with E-state index < -0.39 is 49.0 Å². The van der Waals surface area contributed by atoms with Crippen molar-refractivity contribution in [2.75, 3.05) is 13.2 Å². The third-order valence-corrected chi connectivity index (χ3v) is 3.08. The Balaban J connectivity index is 2.77. The fourth-order valence-corrected chi connectivity index (χ4v) is 1.95. The normalized spacial score (nSPS) is 38.2. The van der Waals surface area contributed by atoms with Crippen LogP contribution in [0.25, 0.3) is 0 Å². The largest absolute Gasteiger partial charge is 0.466 e. The van der Waals surface area contributed by atoms with Crippen LogP contribution in [0.1, 0.15) is 13.8 Å². The maximum atomic E-state index is 11.6. The van der Waals surface area contributed by atoms with Crippen LogP contribution in [0.2, 0.25) is 0 Å². The number of aliphatic hydroxyl groups is 4. The van der Waals surface area contributed by atoms with Gasteiger partial charge in [0.25, 0.3) is 0 Å². The van der Waals surface area contributed by atoms with Gasteiger partial charge in [0.05, 0.1) is 25.2 Å². The number of rotatable bonds is 4. The fraction of sp³-hybridized carbons (Fsp3) is 0.909. The van der Waals surface area contributed by atoms with Gasteiger partial charge in [0.2, 0.25) is 0 Å². The Morgan fingerprint density at radius 1 is 1.28 bits per heavy atom. The molecule has 7 nitrogen and oxygen atoms in total. The van der Waals surface area contributed by atoms with Crippen molar-refractivity contribution in [1.29, 1.82) is 0 Å². The molecule has 1 rings (SSSR count). The Morgan fingerprint density at radius 3 is 2.39 bits per heavy atom. The van der Waals surface area contributed by atoms with E-state index in [-0.39, 0.29) is 6.61 Å². The van der Waals surface area contributed by atoms with Crippen molar-refractivity contribution in [2.45, 2.75) is 44.4 Å². The standard InChI is InChI=1S/C11H20O7/c1-3-17-11(16)5(2)10-9(15)8(14)7(13)6(4-12)18-10/h5-10,12-15H,3-4H2,1-2H3/t5?,6-,7-,8+,9+,10?/m1/s1. The maximum absolute atomic E-state index is 11.6. The minimum atomic E-state index is -1.47. The van der Waals surface area contributed by atoms with Gasteiger partial charge in [0, 0.05) is 0 Å². The highest BCUT2D eigenvalue weighted by Crippen LogP contribution is 2.26. The summed E-state index contributed by atoms with van der Waals surface area (Å²) >= 11 is 0. The first-order valence-electron chi connectivity index (χ1n) is 5.91. The summed E-state index contributed by atoms with van der Waals surface area (Å²) in [6, 6.07) is 0. The van der Waals surface area contributed by atoms with Gasteiger partial charge in [-0.1, -0.05) is 0 Å². The van der Waals surface area contributed by atoms with Crippen molar-refractivity contribution in [3.8, 4) is 0 Å². The smallest absolute Gasteiger partial charge is 0.311 e. The zero-order valence-corrected chi connectivity index (χ0v) is 10.4. The molecule has 18 heavy (non-hydrogen) atoms. The number of aliphatic hydroxyl groups excluding tert-OH is 4. The molecule has 2 unspecified atom stereocenters. The Hall–Kier alpha value is -0.730. The maximum Gasteiger partial charge on any atom is 0.311 e. The van der Waals surface area contributed by atoms with E-state index in [0.29, 0.717) is 0 Å². The first kappa shape index (κ1) is 15.3. The van der Waals surface area contributed by atoms with E-state index in [0.717, 1.165) is 0 Å². The molecule has 106 valence electrons. The molecule has 0 spiro atoms. The second-order valence-corrected chi connectivity index (χ2v) is 4.33. The quantitative estimate of drug-likeness (QED) is 0.435. The molecule has 1 fully saturated rings. The Kier molecular flexibility index (Phi) is 5.48. The number of esters is 1. The highest BCUT2D eigenvalue weighted by molar-refractivity contribution is 5.72. The van der Waals surface area contributed by atoms with Gasteiger partial charge < -0.3 is 29.9 Å². The van der Waals surface area contributed by atoms with Gasteiger partial charge in [-0.2, -0.15) is 0 Å². The molecule has 1 heterocycles. The van der Waals surface area contributed by atoms with E-state index in [4.69, 9.17) is 14.6 Å². The van der Waals surface area contributed by atoms with Crippen molar-refractivity contribution in [3.63, 3.8) is 0 Å². The van der Waals surface area contributed by atoms with Crippen molar-refractivity contribution < 1.29 is 34.7 Å². The molecular formula is C11H20O7. The van der Waals surface area contributed by atoms with Crippen LogP contribution >= 0.6 is 0 Å². The van der Waals surface area contributed by atoms with Crippen LogP contribution in [0.4, 0.5) is 0 Å². The van der Waals surface area contributed by atoms with Gasteiger partial charge in [-0.3, -0.25) is 4.79 Å². The second-order valence-electron chi connectivity index (χ2n) is 4.33. The van der Waals surface area contributed by atoms with Gasteiger partial charge in [0.15, 0.2) is 0 Å². The number of hydrogen-bond acceptors (Lipinski definition) is 7. The third-order valence-electron chi connectivity index (χ3n) is 3.08. The van der Waals surface area contributed by atoms with Crippen molar-refractivity contribution in [2.24, 2.45) is 5.92 Å². The molecule has 4 N–H and O–H groups in total. The number of ether oxygens (including phenoxy) is 2. The van der Waals surface area contributed by atoms with Crippen LogP contribution in [0.15, 0.2) is 0 Å². The van der Waals surface area contributed by atoms with E-state index >= 15 is 0 Å². The minimum Gasteiger partial charge on any atom is -0.466 e. The topological polar surface area (TPSA) is 116 Å². The second kappa shape index (κ2) is 6.44. The predicted octanol–water partition coefficient (Wildman–Crippen LogP) is -1.97. The van der Waals surface area contributed by atoms with E-state index in [1.807, 2.05) is 0 Å². The Labute approximate surface area is 105 Å². The average molecular weight is 264 g/mol. The number of hydrogen-bond donors (Lipinski definition) is 4. The summed E-state index contributed by atoms with van der Waals surface area (Å²) in [6.45, 7) is 2.82. The van der Waals surface area contributed by atoms with Crippen LogP contribution in [-0.4, -0.2) is 70.1 Å². The summed E-state index contributed by atoms with van der Waals surface area (Å²) in [5.41, 5.74) is 0. The van der Waals surface area contributed by atoms with Crippen LogP contribution in [0, 0.1) is 5.92 Å². The van der Waals surface area contributed by atoms with E-state index in [1.54, 1.807) is 6.92 Å². The van der Waals surface area contributed by atoms with Crippen LogP contribution in [-0.2, 0) is 14.3 Å². The predicted molar refractivity (Wildman–Crippen MR) is 59.6 cm³/mol.